The Labute approximate surface area is 162 Å². The maximum Gasteiger partial charge on any atom is 0.261 e. The smallest absolute Gasteiger partial charge is 0.261 e. The molecule has 10 heteroatoms. The maximum atomic E-state index is 13.7. The number of halogens is 2. The van der Waals surface area contributed by atoms with Crippen LogP contribution in [-0.2, 0) is 9.53 Å². The number of thioether (sulfide) groups is 1. The van der Waals surface area contributed by atoms with Crippen LogP contribution in [0.25, 0.3) is 0 Å². The number of carbonyl (C=O) groups excluding carboxylic acids is 1. The number of hydrogen-bond donors (Lipinski definition) is 4. The molecule has 158 valence electrons. The summed E-state index contributed by atoms with van der Waals surface area (Å²) in [5.41, 5.74) is -0.977. The van der Waals surface area contributed by atoms with Gasteiger partial charge in [-0.05, 0) is 32.1 Å². The molecule has 2 saturated heterocycles. The van der Waals surface area contributed by atoms with Crippen molar-refractivity contribution < 1.29 is 33.6 Å². The van der Waals surface area contributed by atoms with Crippen molar-refractivity contribution in [1.82, 2.24) is 10.2 Å². The Balaban J connectivity index is 2.09. The first-order valence-electron chi connectivity index (χ1n) is 9.22. The zero-order chi connectivity index (χ0) is 20.3. The van der Waals surface area contributed by atoms with Gasteiger partial charge in [0.25, 0.3) is 6.43 Å². The van der Waals surface area contributed by atoms with E-state index in [1.165, 1.54) is 0 Å². The fourth-order valence-electron chi connectivity index (χ4n) is 3.94. The lowest BCUT2D eigenvalue weighted by atomic mass is 9.94. The third kappa shape index (κ3) is 5.10. The summed E-state index contributed by atoms with van der Waals surface area (Å²) in [6.45, 7) is 2.79. The predicted octanol–water partition coefficient (Wildman–Crippen LogP) is 0.0273. The van der Waals surface area contributed by atoms with Crippen LogP contribution in [0.3, 0.4) is 0 Å². The number of nitrogens with one attached hydrogen (secondary N) is 1. The SMILES string of the molecule is CCC[C@@H]1C[C@@H](C(=O)N[C@H](C(F)F)C2OC(SC)C(O)C(O)C2O)N(C)C1. The molecule has 2 aliphatic heterocycles. The van der Waals surface area contributed by atoms with Crippen molar-refractivity contribution in [2.75, 3.05) is 19.8 Å². The summed E-state index contributed by atoms with van der Waals surface area (Å²) in [4.78, 5) is 14.5. The molecule has 7 nitrogen and oxygen atoms in total. The summed E-state index contributed by atoms with van der Waals surface area (Å²) in [6.07, 6.45) is -5.17. The van der Waals surface area contributed by atoms with Crippen molar-refractivity contribution in [2.45, 2.75) is 74.5 Å². The third-order valence-corrected chi connectivity index (χ3v) is 6.26. The molecule has 2 heterocycles. The summed E-state index contributed by atoms with van der Waals surface area (Å²) in [7, 11) is 1.78. The molecule has 0 aromatic carbocycles. The highest BCUT2D eigenvalue weighted by Gasteiger charge is 2.49. The summed E-state index contributed by atoms with van der Waals surface area (Å²) < 4.78 is 32.8. The Morgan fingerprint density at radius 1 is 1.30 bits per heavy atom. The van der Waals surface area contributed by atoms with Crippen LogP contribution in [0, 0.1) is 5.92 Å². The number of hydrogen-bond acceptors (Lipinski definition) is 7. The van der Waals surface area contributed by atoms with Crippen molar-refractivity contribution in [3.05, 3.63) is 0 Å². The highest BCUT2D eigenvalue weighted by molar-refractivity contribution is 7.99. The normalized spacial score (nSPS) is 38.9. The van der Waals surface area contributed by atoms with E-state index >= 15 is 0 Å². The van der Waals surface area contributed by atoms with Crippen molar-refractivity contribution in [3.8, 4) is 0 Å². The highest BCUT2D eigenvalue weighted by Crippen LogP contribution is 2.31. The van der Waals surface area contributed by atoms with Gasteiger partial charge in [0.1, 0.15) is 35.9 Å². The summed E-state index contributed by atoms with van der Waals surface area (Å²) in [5.74, 6) is -0.200. The van der Waals surface area contributed by atoms with E-state index in [9.17, 15) is 28.9 Å². The summed E-state index contributed by atoms with van der Waals surface area (Å²) in [5, 5.41) is 32.3. The molecule has 0 aliphatic carbocycles. The van der Waals surface area contributed by atoms with Crippen LogP contribution in [0.1, 0.15) is 26.2 Å². The van der Waals surface area contributed by atoms with E-state index in [1.54, 1.807) is 13.3 Å². The van der Waals surface area contributed by atoms with Crippen LogP contribution >= 0.6 is 11.8 Å². The second-order valence-electron chi connectivity index (χ2n) is 7.39. The maximum absolute atomic E-state index is 13.7. The molecule has 0 spiro atoms. The summed E-state index contributed by atoms with van der Waals surface area (Å²) in [6, 6.07) is -2.31. The van der Waals surface area contributed by atoms with Gasteiger partial charge in [0.2, 0.25) is 5.91 Å². The standard InChI is InChI=1S/C17H30F2N2O5S/c1-4-5-8-6-9(21(2)7-8)16(25)20-10(15(18)19)14-12(23)11(22)13(24)17(26-14)27-3/h8-15,17,22-24H,4-7H2,1-3H3,(H,20,25)/t8-,9+,10+,11?,12?,13?,14?,17?/m1/s1. The van der Waals surface area contributed by atoms with Crippen LogP contribution in [0.2, 0.25) is 0 Å². The van der Waals surface area contributed by atoms with Crippen LogP contribution in [0.5, 0.6) is 0 Å². The number of likely N-dealkylation sites (tertiary alicyclic amines) is 1. The molecular formula is C17H30F2N2O5S. The molecule has 0 bridgehead atoms. The first kappa shape index (κ1) is 22.8. The van der Waals surface area contributed by atoms with E-state index in [0.29, 0.717) is 12.3 Å². The first-order valence-corrected chi connectivity index (χ1v) is 10.5. The molecule has 5 unspecified atom stereocenters. The van der Waals surface area contributed by atoms with Crippen LogP contribution < -0.4 is 5.32 Å². The zero-order valence-electron chi connectivity index (χ0n) is 15.8. The second-order valence-corrected chi connectivity index (χ2v) is 8.33. The monoisotopic (exact) mass is 412 g/mol. The molecule has 1 amide bonds. The number of likely N-dealkylation sites (N-methyl/N-ethyl adjacent to an activating group) is 1. The van der Waals surface area contributed by atoms with Crippen molar-refractivity contribution in [1.29, 1.82) is 0 Å². The third-order valence-electron chi connectivity index (χ3n) is 5.41. The molecule has 0 aromatic rings. The lowest BCUT2D eigenvalue weighted by Gasteiger charge is -2.43. The Morgan fingerprint density at radius 2 is 1.96 bits per heavy atom. The van der Waals surface area contributed by atoms with Gasteiger partial charge in [0.05, 0.1) is 6.04 Å². The fourth-order valence-corrected chi connectivity index (χ4v) is 4.62. The molecule has 2 fully saturated rings. The first-order chi connectivity index (χ1) is 12.7. The lowest BCUT2D eigenvalue weighted by Crippen LogP contribution is -2.65. The van der Waals surface area contributed by atoms with Crippen LogP contribution in [0.15, 0.2) is 0 Å². The minimum Gasteiger partial charge on any atom is -0.388 e. The quantitative estimate of drug-likeness (QED) is 0.468. The van der Waals surface area contributed by atoms with E-state index in [-0.39, 0.29) is 0 Å². The number of rotatable bonds is 7. The number of ether oxygens (including phenoxy) is 1. The van der Waals surface area contributed by atoms with Gasteiger partial charge in [-0.2, -0.15) is 0 Å². The Kier molecular flexibility index (Phi) is 8.26. The van der Waals surface area contributed by atoms with E-state index in [0.717, 1.165) is 31.1 Å². The van der Waals surface area contributed by atoms with Gasteiger partial charge >= 0.3 is 0 Å². The molecule has 2 rings (SSSR count). The van der Waals surface area contributed by atoms with Gasteiger partial charge in [-0.3, -0.25) is 9.69 Å². The van der Waals surface area contributed by atoms with Gasteiger partial charge in [-0.1, -0.05) is 13.3 Å². The minimum atomic E-state index is -3.00. The number of aliphatic hydroxyl groups is 3. The Bertz CT molecular complexity index is 502. The Morgan fingerprint density at radius 3 is 2.52 bits per heavy atom. The summed E-state index contributed by atoms with van der Waals surface area (Å²) >= 11 is 1.03. The number of aliphatic hydroxyl groups excluding tert-OH is 3. The molecule has 0 aromatic heterocycles. The van der Waals surface area contributed by atoms with E-state index in [1.807, 2.05) is 4.90 Å². The van der Waals surface area contributed by atoms with E-state index in [2.05, 4.69) is 12.2 Å². The average Bonchev–Trinajstić information content (AvgIpc) is 2.99. The van der Waals surface area contributed by atoms with Crippen LogP contribution in [0.4, 0.5) is 8.78 Å². The largest absolute Gasteiger partial charge is 0.388 e. The lowest BCUT2D eigenvalue weighted by molar-refractivity contribution is -0.213. The second kappa shape index (κ2) is 9.80. The number of nitrogens with zero attached hydrogens (tertiary/aromatic N) is 1. The molecule has 0 saturated carbocycles. The molecule has 2 aliphatic rings. The topological polar surface area (TPSA) is 102 Å². The highest BCUT2D eigenvalue weighted by atomic mass is 32.2. The van der Waals surface area contributed by atoms with Gasteiger partial charge in [0, 0.05) is 6.54 Å². The van der Waals surface area contributed by atoms with E-state index in [4.69, 9.17) is 4.74 Å². The number of amides is 1. The van der Waals surface area contributed by atoms with E-state index < -0.39 is 54.3 Å². The zero-order valence-corrected chi connectivity index (χ0v) is 16.6. The van der Waals surface area contributed by atoms with Crippen LogP contribution in [-0.4, -0.2) is 94.3 Å². The van der Waals surface area contributed by atoms with Gasteiger partial charge in [-0.15, -0.1) is 11.8 Å². The van der Waals surface area contributed by atoms with Gasteiger partial charge in [0.15, 0.2) is 0 Å². The number of carbonyl (C=O) groups is 1. The average molecular weight is 412 g/mol. The predicted molar refractivity (Wildman–Crippen MR) is 97.6 cm³/mol. The fraction of sp³-hybridized carbons (Fsp3) is 0.941. The van der Waals surface area contributed by atoms with Crippen molar-refractivity contribution in [3.63, 3.8) is 0 Å². The number of alkyl halides is 2. The van der Waals surface area contributed by atoms with Gasteiger partial charge < -0.3 is 25.4 Å². The van der Waals surface area contributed by atoms with Crippen molar-refractivity contribution >= 4 is 17.7 Å². The molecule has 8 atom stereocenters. The molecular weight excluding hydrogens is 382 g/mol. The molecule has 27 heavy (non-hydrogen) atoms. The van der Waals surface area contributed by atoms with Gasteiger partial charge in [-0.25, -0.2) is 8.78 Å². The Hall–Kier alpha value is -0.520. The minimum absolute atomic E-state index is 0.343. The molecule has 0 radical (unpaired) electrons. The van der Waals surface area contributed by atoms with Crippen molar-refractivity contribution in [2.24, 2.45) is 5.92 Å². The molecule has 4 N–H and O–H groups in total.